The Balaban J connectivity index is 1.14. The zero-order chi connectivity index (χ0) is 27.6. The van der Waals surface area contributed by atoms with Crippen molar-refractivity contribution in [2.75, 3.05) is 43.6 Å². The summed E-state index contributed by atoms with van der Waals surface area (Å²) >= 11 is 0. The molecule has 2 aliphatic rings. The molecule has 0 amide bonds. The summed E-state index contributed by atoms with van der Waals surface area (Å²) in [5.74, 6) is 1.10. The zero-order valence-electron chi connectivity index (χ0n) is 21.6. The van der Waals surface area contributed by atoms with Gasteiger partial charge in [0.1, 0.15) is 12.0 Å². The maximum Gasteiger partial charge on any atom is 0.255 e. The number of aromatic nitrogens is 6. The summed E-state index contributed by atoms with van der Waals surface area (Å²) in [6.45, 7) is 1.49. The van der Waals surface area contributed by atoms with Gasteiger partial charge in [-0.2, -0.15) is 4.98 Å². The third-order valence-electron chi connectivity index (χ3n) is 6.85. The molecule has 16 heteroatoms. The molecule has 0 bridgehead atoms. The number of rotatable bonds is 12. The number of fused-ring (bicyclic) bond motifs is 1. The number of piperidine rings is 1. The monoisotopic (exact) mass is 580 g/mol. The number of hydrogen-bond donors (Lipinski definition) is 1. The molecule has 1 N–H and O–H groups in total. The van der Waals surface area contributed by atoms with Gasteiger partial charge < -0.3 is 10.1 Å². The van der Waals surface area contributed by atoms with Crippen LogP contribution in [-0.2, 0) is 31.3 Å². The van der Waals surface area contributed by atoms with Crippen molar-refractivity contribution in [3.63, 3.8) is 0 Å². The molecular weight excluding hydrogens is 548 g/mol. The van der Waals surface area contributed by atoms with Crippen molar-refractivity contribution < 1.29 is 21.6 Å². The molecule has 1 aliphatic carbocycles. The van der Waals surface area contributed by atoms with E-state index in [-0.39, 0.29) is 49.5 Å². The average molecular weight is 581 g/mol. The lowest BCUT2D eigenvalue weighted by Crippen LogP contribution is -2.42. The molecule has 4 heterocycles. The summed E-state index contributed by atoms with van der Waals surface area (Å²) in [4.78, 5) is 25.6. The topological polar surface area (TPSA) is 171 Å². The van der Waals surface area contributed by atoms with E-state index in [1.165, 1.54) is 27.5 Å². The van der Waals surface area contributed by atoms with Crippen LogP contribution in [0, 0.1) is 0 Å². The fourth-order valence-electron chi connectivity index (χ4n) is 4.49. The molecule has 2 fully saturated rings. The Morgan fingerprint density at radius 3 is 2.54 bits per heavy atom. The van der Waals surface area contributed by atoms with Crippen LogP contribution < -0.4 is 10.9 Å². The minimum absolute atomic E-state index is 0.0155. The fourth-order valence-corrected chi connectivity index (χ4v) is 6.43. The van der Waals surface area contributed by atoms with Gasteiger partial charge in [-0.05, 0) is 38.2 Å². The molecule has 3 aromatic rings. The Hall–Kier alpha value is -2.95. The molecule has 39 heavy (non-hydrogen) atoms. The predicted molar refractivity (Wildman–Crippen MR) is 143 cm³/mol. The molecule has 1 saturated carbocycles. The summed E-state index contributed by atoms with van der Waals surface area (Å²) in [7, 11) is -6.80. The molecule has 0 atom stereocenters. The molecule has 3 aromatic heterocycles. The van der Waals surface area contributed by atoms with Gasteiger partial charge in [-0.1, -0.05) is 0 Å². The third kappa shape index (κ3) is 6.80. The molecule has 0 spiro atoms. The van der Waals surface area contributed by atoms with E-state index < -0.39 is 20.0 Å². The molecule has 14 nitrogen and oxygen atoms in total. The van der Waals surface area contributed by atoms with Crippen molar-refractivity contribution in [2.45, 2.75) is 50.6 Å². The summed E-state index contributed by atoms with van der Waals surface area (Å²) in [5, 5.41) is 8.04. The second-order valence-electron chi connectivity index (χ2n) is 9.91. The van der Waals surface area contributed by atoms with Crippen LogP contribution in [0.3, 0.4) is 0 Å². The highest BCUT2D eigenvalue weighted by Crippen LogP contribution is 2.37. The maximum absolute atomic E-state index is 12.6. The number of pyridine rings is 1. The minimum Gasteiger partial charge on any atom is -0.380 e. The van der Waals surface area contributed by atoms with Gasteiger partial charge in [-0.15, -0.1) is 9.19 Å². The Kier molecular flexibility index (Phi) is 7.98. The lowest BCUT2D eigenvalue weighted by atomic mass is 10.1. The SMILES string of the molecule is CS(=O)(=O)N1CCC(Nc2ncc3ccc(=O)n(CCOCCCS(=O)(=O)n4cnc(C5CC5)n4)c3n2)CC1. The average Bonchev–Trinajstić information content (AvgIpc) is 3.62. The highest BCUT2D eigenvalue weighted by Gasteiger charge is 2.29. The van der Waals surface area contributed by atoms with E-state index in [1.807, 2.05) is 0 Å². The quantitative estimate of drug-likeness (QED) is 0.294. The van der Waals surface area contributed by atoms with Crippen molar-refractivity contribution >= 4 is 37.0 Å². The largest absolute Gasteiger partial charge is 0.380 e. The van der Waals surface area contributed by atoms with Crippen molar-refractivity contribution in [3.8, 4) is 0 Å². The van der Waals surface area contributed by atoms with E-state index in [0.29, 0.717) is 48.7 Å². The van der Waals surface area contributed by atoms with Gasteiger partial charge in [0, 0.05) is 49.3 Å². The Labute approximate surface area is 226 Å². The molecule has 0 aromatic carbocycles. The molecular formula is C23H32N8O6S2. The number of anilines is 1. The highest BCUT2D eigenvalue weighted by molar-refractivity contribution is 7.89. The molecule has 1 saturated heterocycles. The first-order valence-corrected chi connectivity index (χ1v) is 16.4. The van der Waals surface area contributed by atoms with Gasteiger partial charge in [0.05, 0.1) is 25.2 Å². The number of ether oxygens (including phenoxy) is 1. The smallest absolute Gasteiger partial charge is 0.255 e. The first-order valence-electron chi connectivity index (χ1n) is 12.9. The predicted octanol–water partition coefficient (Wildman–Crippen LogP) is 0.381. The van der Waals surface area contributed by atoms with Crippen LogP contribution in [0.15, 0.2) is 29.5 Å². The van der Waals surface area contributed by atoms with Crippen LogP contribution in [-0.4, -0.2) is 94.2 Å². The van der Waals surface area contributed by atoms with E-state index in [1.54, 1.807) is 12.3 Å². The van der Waals surface area contributed by atoms with E-state index in [9.17, 15) is 21.6 Å². The Bertz CT molecular complexity index is 1590. The van der Waals surface area contributed by atoms with E-state index in [2.05, 4.69) is 25.4 Å². The first-order chi connectivity index (χ1) is 18.6. The molecule has 5 rings (SSSR count). The zero-order valence-corrected chi connectivity index (χ0v) is 23.3. The number of nitrogens with zero attached hydrogens (tertiary/aromatic N) is 7. The van der Waals surface area contributed by atoms with Crippen LogP contribution in [0.1, 0.15) is 43.8 Å². The van der Waals surface area contributed by atoms with Crippen molar-refractivity contribution in [1.29, 1.82) is 0 Å². The summed E-state index contributed by atoms with van der Waals surface area (Å²) in [6.07, 6.45) is 7.61. The van der Waals surface area contributed by atoms with E-state index in [0.717, 1.165) is 16.9 Å². The number of sulfonamides is 1. The standard InChI is InChI=1S/C23H32N8O6S2/c1-38(33,34)29-9-7-19(8-10-29)26-23-24-15-18-5-6-20(32)30(22(18)27-23)11-13-37-12-2-14-39(35,36)31-16-25-21(28-31)17-3-4-17/h5-6,15-17,19H,2-4,7-14H2,1H3,(H,24,26,27). The lowest BCUT2D eigenvalue weighted by Gasteiger charge is -2.30. The van der Waals surface area contributed by atoms with E-state index in [4.69, 9.17) is 4.74 Å². The van der Waals surface area contributed by atoms with Crippen LogP contribution in [0.5, 0.6) is 0 Å². The molecule has 1 aliphatic heterocycles. The third-order valence-corrected chi connectivity index (χ3v) is 9.70. The molecule has 0 unspecified atom stereocenters. The lowest BCUT2D eigenvalue weighted by molar-refractivity contribution is 0.127. The van der Waals surface area contributed by atoms with Crippen molar-refractivity contribution in [3.05, 3.63) is 40.8 Å². The number of hydrogen-bond acceptors (Lipinski definition) is 11. The van der Waals surface area contributed by atoms with Gasteiger partial charge >= 0.3 is 0 Å². The van der Waals surface area contributed by atoms with Gasteiger partial charge in [0.15, 0.2) is 5.82 Å². The maximum atomic E-state index is 12.6. The van der Waals surface area contributed by atoms with Crippen molar-refractivity contribution in [1.82, 2.24) is 33.0 Å². The second-order valence-corrected chi connectivity index (χ2v) is 13.8. The Morgan fingerprint density at radius 1 is 1.05 bits per heavy atom. The first kappa shape index (κ1) is 27.6. The molecule has 212 valence electrons. The van der Waals surface area contributed by atoms with Gasteiger partial charge in [-0.25, -0.2) is 31.1 Å². The second kappa shape index (κ2) is 11.3. The summed E-state index contributed by atoms with van der Waals surface area (Å²) in [5.41, 5.74) is 0.217. The van der Waals surface area contributed by atoms with Crippen molar-refractivity contribution in [2.24, 2.45) is 0 Å². The normalized spacial score (nSPS) is 17.6. The van der Waals surface area contributed by atoms with Crippen LogP contribution >= 0.6 is 0 Å². The Morgan fingerprint density at radius 2 is 1.82 bits per heavy atom. The van der Waals surface area contributed by atoms with Gasteiger partial charge in [0.25, 0.3) is 15.6 Å². The highest BCUT2D eigenvalue weighted by atomic mass is 32.2. The van der Waals surface area contributed by atoms with Crippen LogP contribution in [0.2, 0.25) is 0 Å². The van der Waals surface area contributed by atoms with Gasteiger partial charge in [-0.3, -0.25) is 9.36 Å². The fraction of sp³-hybridized carbons (Fsp3) is 0.609. The molecule has 0 radical (unpaired) electrons. The van der Waals surface area contributed by atoms with Crippen LogP contribution in [0.4, 0.5) is 5.95 Å². The number of nitrogens with one attached hydrogen (secondary N) is 1. The van der Waals surface area contributed by atoms with Crippen LogP contribution in [0.25, 0.3) is 11.0 Å². The van der Waals surface area contributed by atoms with Gasteiger partial charge in [0.2, 0.25) is 16.0 Å². The summed E-state index contributed by atoms with van der Waals surface area (Å²) in [6, 6.07) is 3.12. The van der Waals surface area contributed by atoms with E-state index >= 15 is 0 Å². The summed E-state index contributed by atoms with van der Waals surface area (Å²) < 4.78 is 58.0. The minimum atomic E-state index is -3.60.